The molecule has 3 nitrogen and oxygen atoms in total. The number of ketones is 1. The predicted molar refractivity (Wildman–Crippen MR) is 66.1 cm³/mol. The van der Waals surface area contributed by atoms with Crippen molar-refractivity contribution in [2.24, 2.45) is 5.92 Å². The van der Waals surface area contributed by atoms with Crippen molar-refractivity contribution in [3.05, 3.63) is 36.2 Å². The Balaban J connectivity index is 1.95. The molecule has 0 spiro atoms. The summed E-state index contributed by atoms with van der Waals surface area (Å²) in [5.74, 6) is 0.503. The van der Waals surface area contributed by atoms with E-state index >= 15 is 0 Å². The predicted octanol–water partition coefficient (Wildman–Crippen LogP) is 3.10. The molecule has 0 radical (unpaired) electrons. The van der Waals surface area contributed by atoms with Crippen molar-refractivity contribution in [2.45, 2.75) is 32.1 Å². The standard InChI is InChI=1S/C14H16N2O/c17-14(11-6-2-1-3-7-11)12-10-15-16-9-5-4-8-13(12)16/h4-5,8-11H,1-3,6-7H2. The lowest BCUT2D eigenvalue weighted by molar-refractivity contribution is 0.0891. The van der Waals surface area contributed by atoms with Crippen LogP contribution in [0.2, 0.25) is 0 Å². The van der Waals surface area contributed by atoms with Crippen LogP contribution in [0.25, 0.3) is 5.52 Å². The van der Waals surface area contributed by atoms with Gasteiger partial charge >= 0.3 is 0 Å². The van der Waals surface area contributed by atoms with E-state index in [-0.39, 0.29) is 11.7 Å². The van der Waals surface area contributed by atoms with Gasteiger partial charge in [-0.15, -0.1) is 0 Å². The molecule has 0 atom stereocenters. The molecule has 2 aromatic heterocycles. The quantitative estimate of drug-likeness (QED) is 0.740. The van der Waals surface area contributed by atoms with E-state index in [1.807, 2.05) is 24.4 Å². The molecule has 2 heterocycles. The maximum atomic E-state index is 12.4. The molecule has 1 aliphatic carbocycles. The zero-order valence-electron chi connectivity index (χ0n) is 9.80. The second-order valence-electron chi connectivity index (χ2n) is 4.79. The van der Waals surface area contributed by atoms with Gasteiger partial charge in [0.1, 0.15) is 0 Å². The third-order valence-corrected chi connectivity index (χ3v) is 3.67. The van der Waals surface area contributed by atoms with E-state index in [9.17, 15) is 4.79 Å². The number of carbonyl (C=O) groups excluding carboxylic acids is 1. The van der Waals surface area contributed by atoms with Crippen LogP contribution >= 0.6 is 0 Å². The second-order valence-corrected chi connectivity index (χ2v) is 4.79. The van der Waals surface area contributed by atoms with Gasteiger partial charge < -0.3 is 0 Å². The Morgan fingerprint density at radius 3 is 2.88 bits per heavy atom. The molecule has 0 amide bonds. The largest absolute Gasteiger partial charge is 0.294 e. The highest BCUT2D eigenvalue weighted by Gasteiger charge is 2.24. The minimum absolute atomic E-state index is 0.219. The molecule has 0 aromatic carbocycles. The fourth-order valence-electron chi connectivity index (χ4n) is 2.71. The van der Waals surface area contributed by atoms with E-state index in [1.54, 1.807) is 10.7 Å². The number of hydrogen-bond donors (Lipinski definition) is 0. The Morgan fingerprint density at radius 2 is 2.06 bits per heavy atom. The van der Waals surface area contributed by atoms with Gasteiger partial charge in [-0.2, -0.15) is 5.10 Å². The van der Waals surface area contributed by atoms with Gasteiger partial charge in [0.2, 0.25) is 0 Å². The van der Waals surface area contributed by atoms with E-state index in [0.29, 0.717) is 0 Å². The molecule has 0 bridgehead atoms. The zero-order valence-corrected chi connectivity index (χ0v) is 9.80. The summed E-state index contributed by atoms with van der Waals surface area (Å²) in [4.78, 5) is 12.4. The Morgan fingerprint density at radius 1 is 1.24 bits per heavy atom. The normalized spacial score (nSPS) is 17.4. The number of Topliss-reactive ketones (excluding diaryl/α,β-unsaturated/α-hetero) is 1. The van der Waals surface area contributed by atoms with E-state index in [1.165, 1.54) is 19.3 Å². The van der Waals surface area contributed by atoms with Crippen molar-refractivity contribution in [3.63, 3.8) is 0 Å². The number of pyridine rings is 1. The molecule has 0 N–H and O–H groups in total. The molecule has 1 aliphatic rings. The maximum absolute atomic E-state index is 12.4. The highest BCUT2D eigenvalue weighted by Crippen LogP contribution is 2.28. The molecule has 0 aliphatic heterocycles. The van der Waals surface area contributed by atoms with Crippen molar-refractivity contribution in [1.29, 1.82) is 0 Å². The van der Waals surface area contributed by atoms with Crippen LogP contribution in [0, 0.1) is 5.92 Å². The molecular weight excluding hydrogens is 212 g/mol. The monoisotopic (exact) mass is 228 g/mol. The first-order chi connectivity index (χ1) is 8.36. The Bertz CT molecular complexity index is 538. The van der Waals surface area contributed by atoms with E-state index < -0.39 is 0 Å². The van der Waals surface area contributed by atoms with Gasteiger partial charge in [-0.05, 0) is 25.0 Å². The SMILES string of the molecule is O=C(c1cnn2ccccc12)C1CCCCC1. The summed E-state index contributed by atoms with van der Waals surface area (Å²) in [6.45, 7) is 0. The second kappa shape index (κ2) is 4.32. The number of carbonyl (C=O) groups is 1. The summed E-state index contributed by atoms with van der Waals surface area (Å²) in [6, 6.07) is 5.84. The van der Waals surface area contributed by atoms with Gasteiger partial charge in [0.05, 0.1) is 17.3 Å². The van der Waals surface area contributed by atoms with Crippen molar-refractivity contribution in [1.82, 2.24) is 9.61 Å². The zero-order chi connectivity index (χ0) is 11.7. The maximum Gasteiger partial charge on any atom is 0.169 e. The molecular formula is C14H16N2O. The Hall–Kier alpha value is -1.64. The van der Waals surface area contributed by atoms with Crippen molar-refractivity contribution < 1.29 is 4.79 Å². The van der Waals surface area contributed by atoms with Crippen molar-refractivity contribution in [3.8, 4) is 0 Å². The van der Waals surface area contributed by atoms with E-state index in [2.05, 4.69) is 5.10 Å². The third kappa shape index (κ3) is 1.86. The Kier molecular flexibility index (Phi) is 2.67. The van der Waals surface area contributed by atoms with Crippen LogP contribution in [-0.4, -0.2) is 15.4 Å². The van der Waals surface area contributed by atoms with Gasteiger partial charge in [0.15, 0.2) is 5.78 Å². The highest BCUT2D eigenvalue weighted by molar-refractivity contribution is 6.03. The lowest BCUT2D eigenvalue weighted by Gasteiger charge is -2.19. The minimum Gasteiger partial charge on any atom is -0.294 e. The fraction of sp³-hybridized carbons (Fsp3) is 0.429. The van der Waals surface area contributed by atoms with Crippen LogP contribution in [-0.2, 0) is 0 Å². The number of nitrogens with zero attached hydrogens (tertiary/aromatic N) is 2. The summed E-state index contributed by atoms with van der Waals surface area (Å²) in [6.07, 6.45) is 9.34. The number of aromatic nitrogens is 2. The van der Waals surface area contributed by atoms with Crippen LogP contribution in [0.1, 0.15) is 42.5 Å². The lowest BCUT2D eigenvalue weighted by Crippen LogP contribution is -2.17. The molecule has 1 saturated carbocycles. The first-order valence-corrected chi connectivity index (χ1v) is 6.33. The topological polar surface area (TPSA) is 34.4 Å². The van der Waals surface area contributed by atoms with Crippen molar-refractivity contribution in [2.75, 3.05) is 0 Å². The molecule has 88 valence electrons. The van der Waals surface area contributed by atoms with Crippen LogP contribution in [0.3, 0.4) is 0 Å². The summed E-state index contributed by atoms with van der Waals surface area (Å²) in [5.41, 5.74) is 1.72. The van der Waals surface area contributed by atoms with Crippen LogP contribution in [0.5, 0.6) is 0 Å². The van der Waals surface area contributed by atoms with Crippen LogP contribution < -0.4 is 0 Å². The average Bonchev–Trinajstić information content (AvgIpc) is 2.83. The van der Waals surface area contributed by atoms with Crippen LogP contribution in [0.4, 0.5) is 0 Å². The molecule has 3 heteroatoms. The molecule has 1 fully saturated rings. The average molecular weight is 228 g/mol. The number of hydrogen-bond acceptors (Lipinski definition) is 2. The van der Waals surface area contributed by atoms with Gasteiger partial charge in [0, 0.05) is 12.1 Å². The molecule has 3 rings (SSSR count). The first-order valence-electron chi connectivity index (χ1n) is 6.33. The number of rotatable bonds is 2. The summed E-state index contributed by atoms with van der Waals surface area (Å²) in [5, 5.41) is 4.23. The van der Waals surface area contributed by atoms with Crippen LogP contribution in [0.15, 0.2) is 30.6 Å². The molecule has 2 aromatic rings. The smallest absolute Gasteiger partial charge is 0.169 e. The summed E-state index contributed by atoms with van der Waals surface area (Å²) in [7, 11) is 0. The lowest BCUT2D eigenvalue weighted by atomic mass is 9.84. The molecule has 0 saturated heterocycles. The van der Waals surface area contributed by atoms with Crippen molar-refractivity contribution >= 4 is 11.3 Å². The third-order valence-electron chi connectivity index (χ3n) is 3.67. The van der Waals surface area contributed by atoms with E-state index in [4.69, 9.17) is 0 Å². The first kappa shape index (κ1) is 10.5. The fourth-order valence-corrected chi connectivity index (χ4v) is 2.71. The summed E-state index contributed by atoms with van der Waals surface area (Å²) < 4.78 is 1.77. The minimum atomic E-state index is 0.219. The number of fused-ring (bicyclic) bond motifs is 1. The molecule has 17 heavy (non-hydrogen) atoms. The van der Waals surface area contributed by atoms with Gasteiger partial charge in [-0.25, -0.2) is 4.52 Å². The van der Waals surface area contributed by atoms with Gasteiger partial charge in [-0.3, -0.25) is 4.79 Å². The van der Waals surface area contributed by atoms with E-state index in [0.717, 1.165) is 23.9 Å². The Labute approximate surface area is 100 Å². The van der Waals surface area contributed by atoms with Gasteiger partial charge in [-0.1, -0.05) is 25.3 Å². The molecule has 0 unspecified atom stereocenters. The summed E-state index contributed by atoms with van der Waals surface area (Å²) >= 11 is 0. The highest BCUT2D eigenvalue weighted by atomic mass is 16.1. The van der Waals surface area contributed by atoms with Gasteiger partial charge in [0.25, 0.3) is 0 Å².